The van der Waals surface area contributed by atoms with Gasteiger partial charge in [-0.05, 0) is 42.5 Å². The topological polar surface area (TPSA) is 49.4 Å². The molecule has 4 nitrogen and oxygen atoms in total. The van der Waals surface area contributed by atoms with Crippen LogP contribution in [0.4, 0.5) is 0 Å². The number of amides is 2. The Morgan fingerprint density at radius 1 is 1.27 bits per heavy atom. The minimum Gasteiger partial charge on any atom is -0.355 e. The summed E-state index contributed by atoms with van der Waals surface area (Å²) in [5.41, 5.74) is 1.53. The first-order chi connectivity index (χ1) is 10.5. The minimum absolute atomic E-state index is 0.0755. The second kappa shape index (κ2) is 7.25. The normalized spacial score (nSPS) is 18.2. The second-order valence-corrected chi connectivity index (χ2v) is 6.02. The van der Waals surface area contributed by atoms with Crippen LogP contribution in [0.2, 0.25) is 0 Å². The van der Waals surface area contributed by atoms with Gasteiger partial charge in [-0.2, -0.15) is 0 Å². The van der Waals surface area contributed by atoms with E-state index >= 15 is 0 Å². The Bertz CT molecular complexity index is 561. The maximum Gasteiger partial charge on any atom is 0.251 e. The third kappa shape index (κ3) is 3.75. The summed E-state index contributed by atoms with van der Waals surface area (Å²) in [6.45, 7) is 5.18. The molecule has 2 amide bonds. The maximum absolute atomic E-state index is 12.3. The molecule has 0 spiro atoms. The van der Waals surface area contributed by atoms with Gasteiger partial charge in [0.2, 0.25) is 5.91 Å². The summed E-state index contributed by atoms with van der Waals surface area (Å²) in [5, 5.41) is 2.59. The van der Waals surface area contributed by atoms with Crippen molar-refractivity contribution in [2.75, 3.05) is 13.6 Å². The van der Waals surface area contributed by atoms with E-state index in [9.17, 15) is 9.59 Å². The van der Waals surface area contributed by atoms with Crippen molar-refractivity contribution in [3.8, 4) is 0 Å². The molecule has 0 saturated carbocycles. The lowest BCUT2D eigenvalue weighted by molar-refractivity contribution is -0.127. The van der Waals surface area contributed by atoms with E-state index in [1.807, 2.05) is 23.1 Å². The molecule has 22 heavy (non-hydrogen) atoms. The van der Waals surface area contributed by atoms with Crippen LogP contribution in [0.1, 0.15) is 42.6 Å². The van der Waals surface area contributed by atoms with Crippen LogP contribution in [0, 0.1) is 5.92 Å². The number of rotatable bonds is 4. The summed E-state index contributed by atoms with van der Waals surface area (Å²) in [6, 6.07) is 7.56. The third-order valence-corrected chi connectivity index (χ3v) is 4.17. The SMILES string of the molecule is CNC(=O)c1ccc(/C=C/C(=O)N2CCC[C@H]2C(C)C)cc1. The Morgan fingerprint density at radius 2 is 1.95 bits per heavy atom. The fourth-order valence-electron chi connectivity index (χ4n) is 2.91. The van der Waals surface area contributed by atoms with Gasteiger partial charge in [-0.25, -0.2) is 0 Å². The van der Waals surface area contributed by atoms with Crippen molar-refractivity contribution < 1.29 is 9.59 Å². The summed E-state index contributed by atoms with van der Waals surface area (Å²) in [6.07, 6.45) is 5.63. The predicted octanol–water partition coefficient (Wildman–Crippen LogP) is 2.71. The van der Waals surface area contributed by atoms with Crippen molar-refractivity contribution in [1.29, 1.82) is 0 Å². The van der Waals surface area contributed by atoms with Crippen LogP contribution in [0.3, 0.4) is 0 Å². The maximum atomic E-state index is 12.3. The van der Waals surface area contributed by atoms with E-state index in [2.05, 4.69) is 19.2 Å². The number of likely N-dealkylation sites (tertiary alicyclic amines) is 1. The van der Waals surface area contributed by atoms with Crippen LogP contribution in [-0.4, -0.2) is 36.3 Å². The zero-order valence-electron chi connectivity index (χ0n) is 13.5. The highest BCUT2D eigenvalue weighted by atomic mass is 16.2. The van der Waals surface area contributed by atoms with Crippen LogP contribution in [0.5, 0.6) is 0 Å². The van der Waals surface area contributed by atoms with Crippen molar-refractivity contribution >= 4 is 17.9 Å². The summed E-state index contributed by atoms with van der Waals surface area (Å²) in [4.78, 5) is 25.8. The summed E-state index contributed by atoms with van der Waals surface area (Å²) in [5.74, 6) is 0.460. The highest BCUT2D eigenvalue weighted by Crippen LogP contribution is 2.24. The van der Waals surface area contributed by atoms with Gasteiger partial charge in [0.15, 0.2) is 0 Å². The Kier molecular flexibility index (Phi) is 5.36. The number of hydrogen-bond acceptors (Lipinski definition) is 2. The Balaban J connectivity index is 2.02. The predicted molar refractivity (Wildman–Crippen MR) is 88.4 cm³/mol. The van der Waals surface area contributed by atoms with Gasteiger partial charge in [-0.1, -0.05) is 26.0 Å². The van der Waals surface area contributed by atoms with Crippen LogP contribution in [0.15, 0.2) is 30.3 Å². The van der Waals surface area contributed by atoms with Crippen molar-refractivity contribution in [3.63, 3.8) is 0 Å². The molecule has 0 bridgehead atoms. The first-order valence-electron chi connectivity index (χ1n) is 7.83. The highest BCUT2D eigenvalue weighted by molar-refractivity contribution is 5.95. The van der Waals surface area contributed by atoms with E-state index < -0.39 is 0 Å². The van der Waals surface area contributed by atoms with Crippen molar-refractivity contribution in [1.82, 2.24) is 10.2 Å². The minimum atomic E-state index is -0.108. The molecule has 2 rings (SSSR count). The molecule has 1 fully saturated rings. The number of carbonyl (C=O) groups excluding carboxylic acids is 2. The van der Waals surface area contributed by atoms with Crippen molar-refractivity contribution in [2.45, 2.75) is 32.7 Å². The zero-order chi connectivity index (χ0) is 16.1. The average molecular weight is 300 g/mol. The number of benzene rings is 1. The largest absolute Gasteiger partial charge is 0.355 e. The first kappa shape index (κ1) is 16.3. The van der Waals surface area contributed by atoms with Crippen LogP contribution in [-0.2, 0) is 4.79 Å². The van der Waals surface area contributed by atoms with E-state index in [0.29, 0.717) is 17.5 Å². The molecule has 1 N–H and O–H groups in total. The van der Waals surface area contributed by atoms with Crippen molar-refractivity contribution in [2.24, 2.45) is 5.92 Å². The van der Waals surface area contributed by atoms with E-state index in [1.54, 1.807) is 25.3 Å². The van der Waals surface area contributed by atoms with Crippen LogP contribution >= 0.6 is 0 Å². The van der Waals surface area contributed by atoms with Gasteiger partial charge in [0.05, 0.1) is 0 Å². The monoisotopic (exact) mass is 300 g/mol. The molecule has 0 unspecified atom stereocenters. The van der Waals surface area contributed by atoms with Crippen molar-refractivity contribution in [3.05, 3.63) is 41.5 Å². The number of nitrogens with zero attached hydrogens (tertiary/aromatic N) is 1. The molecule has 0 aromatic heterocycles. The third-order valence-electron chi connectivity index (χ3n) is 4.17. The second-order valence-electron chi connectivity index (χ2n) is 6.02. The molecule has 4 heteroatoms. The van der Waals surface area contributed by atoms with Gasteiger partial charge in [0.1, 0.15) is 0 Å². The fourth-order valence-corrected chi connectivity index (χ4v) is 2.91. The molecule has 1 aromatic rings. The zero-order valence-corrected chi connectivity index (χ0v) is 13.5. The van der Waals surface area contributed by atoms with Gasteiger partial charge < -0.3 is 10.2 Å². The molecular formula is C18H24N2O2. The lowest BCUT2D eigenvalue weighted by Crippen LogP contribution is -2.37. The Morgan fingerprint density at radius 3 is 2.55 bits per heavy atom. The van der Waals surface area contributed by atoms with Gasteiger partial charge in [0, 0.05) is 31.3 Å². The summed E-state index contributed by atoms with van der Waals surface area (Å²) >= 11 is 0. The Hall–Kier alpha value is -2.10. The molecule has 1 heterocycles. The number of carbonyl (C=O) groups is 2. The smallest absolute Gasteiger partial charge is 0.251 e. The molecule has 118 valence electrons. The molecule has 1 aliphatic heterocycles. The lowest BCUT2D eigenvalue weighted by Gasteiger charge is -2.26. The average Bonchev–Trinajstić information content (AvgIpc) is 3.02. The van der Waals surface area contributed by atoms with Gasteiger partial charge in [-0.3, -0.25) is 9.59 Å². The first-order valence-corrected chi connectivity index (χ1v) is 7.83. The van der Waals surface area contributed by atoms with Crippen LogP contribution < -0.4 is 5.32 Å². The molecular weight excluding hydrogens is 276 g/mol. The quantitative estimate of drug-likeness (QED) is 0.869. The molecule has 1 aliphatic rings. The fraction of sp³-hybridized carbons (Fsp3) is 0.444. The van der Waals surface area contributed by atoms with E-state index in [0.717, 1.165) is 24.9 Å². The molecule has 1 aromatic carbocycles. The van der Waals surface area contributed by atoms with E-state index in [4.69, 9.17) is 0 Å². The summed E-state index contributed by atoms with van der Waals surface area (Å²) < 4.78 is 0. The molecule has 1 saturated heterocycles. The Labute approximate surface area is 132 Å². The number of nitrogens with one attached hydrogen (secondary N) is 1. The molecule has 0 radical (unpaired) electrons. The van der Waals surface area contributed by atoms with E-state index in [1.165, 1.54) is 0 Å². The van der Waals surface area contributed by atoms with Gasteiger partial charge in [-0.15, -0.1) is 0 Å². The molecule has 1 atom stereocenters. The van der Waals surface area contributed by atoms with E-state index in [-0.39, 0.29) is 11.8 Å². The number of hydrogen-bond donors (Lipinski definition) is 1. The lowest BCUT2D eigenvalue weighted by atomic mass is 10.0. The molecule has 0 aliphatic carbocycles. The van der Waals surface area contributed by atoms with Gasteiger partial charge in [0.25, 0.3) is 5.91 Å². The summed E-state index contributed by atoms with van der Waals surface area (Å²) in [7, 11) is 1.61. The van der Waals surface area contributed by atoms with Gasteiger partial charge >= 0.3 is 0 Å². The van der Waals surface area contributed by atoms with Crippen LogP contribution in [0.25, 0.3) is 6.08 Å². The highest BCUT2D eigenvalue weighted by Gasteiger charge is 2.29. The standard InChI is InChI=1S/C18H24N2O2/c1-13(2)16-5-4-12-20(16)17(21)11-8-14-6-9-15(10-7-14)18(22)19-3/h6-11,13,16H,4-5,12H2,1-3H3,(H,19,22)/b11-8+/t16-/m0/s1.